The second kappa shape index (κ2) is 10.5. The summed E-state index contributed by atoms with van der Waals surface area (Å²) in [6.07, 6.45) is 5.34. The van der Waals surface area contributed by atoms with Crippen molar-refractivity contribution in [3.8, 4) is 11.5 Å². The number of rotatable bonds is 2. The van der Waals surface area contributed by atoms with Gasteiger partial charge in [-0.25, -0.2) is 18.7 Å². The van der Waals surface area contributed by atoms with Gasteiger partial charge in [0.25, 0.3) is 0 Å². The molecule has 2 aromatic carbocycles. The first-order valence-electron chi connectivity index (χ1n) is 14.4. The summed E-state index contributed by atoms with van der Waals surface area (Å²) < 4.78 is 45.7. The third kappa shape index (κ3) is 4.77. The van der Waals surface area contributed by atoms with Crippen molar-refractivity contribution in [2.75, 3.05) is 39.3 Å². The van der Waals surface area contributed by atoms with E-state index in [-0.39, 0.29) is 0 Å². The third-order valence-corrected chi connectivity index (χ3v) is 24.1. The lowest BCUT2D eigenvalue weighted by Gasteiger charge is -2.48. The van der Waals surface area contributed by atoms with Gasteiger partial charge in [-0.1, -0.05) is 36.4 Å². The molecule has 6 aliphatic rings. The number of benzene rings is 2. The van der Waals surface area contributed by atoms with Crippen LogP contribution in [-0.2, 0) is 13.1 Å². The highest BCUT2D eigenvalue weighted by atomic mass is 35.7. The van der Waals surface area contributed by atoms with Crippen LogP contribution in [0, 0.1) is 0 Å². The Balaban J connectivity index is 1.49. The Morgan fingerprint density at radius 2 is 0.902 bits per heavy atom. The molecule has 3 fully saturated rings. The summed E-state index contributed by atoms with van der Waals surface area (Å²) >= 11 is 15.5. The quantitative estimate of drug-likeness (QED) is 0.296. The molecular weight excluding hydrogens is 639 g/mol. The highest BCUT2D eigenvalue weighted by Gasteiger charge is 2.51. The van der Waals surface area contributed by atoms with E-state index >= 15 is 0 Å². The fraction of sp³-hybridized carbons (Fsp3) is 0.520. The number of para-hydroxylation sites is 2. The molecule has 0 aliphatic carbocycles. The van der Waals surface area contributed by atoms with E-state index in [1.54, 1.807) is 0 Å². The number of halogens is 2. The van der Waals surface area contributed by atoms with Crippen LogP contribution < -0.4 is 9.05 Å². The summed E-state index contributed by atoms with van der Waals surface area (Å²) in [4.78, 5) is 0. The fourth-order valence-electron chi connectivity index (χ4n) is 6.63. The predicted molar refractivity (Wildman–Crippen MR) is 170 cm³/mol. The van der Waals surface area contributed by atoms with Crippen LogP contribution in [-0.4, -0.2) is 58.0 Å². The SMILES string of the molecule is ClP12=NP34=NP(Cl)(=NP(N5CCCC5)(N5CCCC5)=N1)Oc1ccccc1CN3CCCN4Cc1ccccc1O2. The van der Waals surface area contributed by atoms with Crippen LogP contribution in [0.4, 0.5) is 0 Å². The first-order chi connectivity index (χ1) is 19.9. The van der Waals surface area contributed by atoms with E-state index in [1.807, 2.05) is 24.3 Å². The lowest BCUT2D eigenvalue weighted by Crippen LogP contribution is -2.39. The molecule has 3 atom stereocenters. The lowest BCUT2D eigenvalue weighted by molar-refractivity contribution is 0.297. The van der Waals surface area contributed by atoms with Crippen LogP contribution in [0.3, 0.4) is 0 Å². The average molecular weight is 673 g/mol. The highest BCUT2D eigenvalue weighted by molar-refractivity contribution is 7.98. The van der Waals surface area contributed by atoms with Crippen LogP contribution >= 0.6 is 51.1 Å². The number of hydrogen-bond donors (Lipinski definition) is 0. The maximum absolute atomic E-state index is 7.73. The standard InChI is InChI=1S/C25H34Cl2N8O2P4/c26-38-28-40(32-14-5-6-15-32,33-16-7-8-17-33)29-39(27)31-41(30-38)34(20-22-10-1-3-12-24(22)36-38)18-9-19-35(41)21-23-11-2-4-13-25(23)37-39/h1-4,10-13H,5-9,14-21H2. The molecule has 3 unspecified atom stereocenters. The molecule has 6 aliphatic heterocycles. The van der Waals surface area contributed by atoms with Crippen molar-refractivity contribution < 1.29 is 9.05 Å². The molecule has 3 bridgehead atoms. The monoisotopic (exact) mass is 672 g/mol. The van der Waals surface area contributed by atoms with Crippen LogP contribution in [0.25, 0.3) is 0 Å². The first-order valence-corrected chi connectivity index (χ1v) is 22.6. The van der Waals surface area contributed by atoms with E-state index in [0.29, 0.717) is 13.1 Å². The van der Waals surface area contributed by atoms with Crippen molar-refractivity contribution in [2.45, 2.75) is 45.2 Å². The van der Waals surface area contributed by atoms with Crippen LogP contribution in [0.5, 0.6) is 11.5 Å². The van der Waals surface area contributed by atoms with Gasteiger partial charge >= 0.3 is 13.6 Å². The van der Waals surface area contributed by atoms with Crippen molar-refractivity contribution in [3.63, 3.8) is 0 Å². The minimum Gasteiger partial charge on any atom is -0.430 e. The predicted octanol–water partition coefficient (Wildman–Crippen LogP) is 9.65. The second-order valence-electron chi connectivity index (χ2n) is 11.2. The van der Waals surface area contributed by atoms with Crippen LogP contribution in [0.2, 0.25) is 0 Å². The van der Waals surface area contributed by atoms with Gasteiger partial charge in [-0.15, -0.1) is 0 Å². The summed E-state index contributed by atoms with van der Waals surface area (Å²) in [5.41, 5.74) is 2.15. The molecule has 10 nitrogen and oxygen atoms in total. The molecule has 16 heteroatoms. The molecule has 0 aromatic heterocycles. The molecule has 8 rings (SSSR count). The van der Waals surface area contributed by atoms with Gasteiger partial charge in [-0.3, -0.25) is 0 Å². The van der Waals surface area contributed by atoms with Gasteiger partial charge in [-0.2, -0.15) is 18.1 Å². The Morgan fingerprint density at radius 1 is 0.512 bits per heavy atom. The molecule has 0 radical (unpaired) electrons. The topological polar surface area (TPSA) is 80.9 Å². The molecule has 1 spiro atoms. The zero-order valence-corrected chi connectivity index (χ0v) is 27.8. The van der Waals surface area contributed by atoms with Gasteiger partial charge in [0, 0.05) is 63.5 Å². The van der Waals surface area contributed by atoms with E-state index < -0.39 is 28.6 Å². The summed E-state index contributed by atoms with van der Waals surface area (Å²) in [5, 5.41) is 0. The van der Waals surface area contributed by atoms with Crippen LogP contribution in [0.15, 0.2) is 66.6 Å². The minimum atomic E-state index is -3.32. The Morgan fingerprint density at radius 3 is 1.37 bits per heavy atom. The summed E-state index contributed by atoms with van der Waals surface area (Å²) in [5.74, 6) is 1.50. The van der Waals surface area contributed by atoms with E-state index in [0.717, 1.165) is 94.0 Å². The van der Waals surface area contributed by atoms with Gasteiger partial charge in [0.2, 0.25) is 15.0 Å². The molecule has 0 saturated carbocycles. The first kappa shape index (κ1) is 27.9. The molecule has 3 saturated heterocycles. The van der Waals surface area contributed by atoms with Crippen molar-refractivity contribution in [1.82, 2.24) is 18.7 Å². The summed E-state index contributed by atoms with van der Waals surface area (Å²) in [6, 6.07) is 16.3. The third-order valence-electron chi connectivity index (χ3n) is 8.52. The van der Waals surface area contributed by atoms with Gasteiger partial charge in [0.05, 0.1) is 0 Å². The maximum atomic E-state index is 7.73. The van der Waals surface area contributed by atoms with E-state index in [1.165, 1.54) is 0 Å². The van der Waals surface area contributed by atoms with E-state index in [2.05, 4.69) is 42.9 Å². The molecular formula is C25H34Cl2N8O2P4. The van der Waals surface area contributed by atoms with Crippen molar-refractivity contribution in [1.29, 1.82) is 0 Å². The molecule has 0 amide bonds. The maximum Gasteiger partial charge on any atom is 0.351 e. The van der Waals surface area contributed by atoms with Crippen molar-refractivity contribution in [2.24, 2.45) is 18.1 Å². The number of fused-ring (bicyclic) bond motifs is 3. The zero-order chi connectivity index (χ0) is 27.7. The highest BCUT2D eigenvalue weighted by Crippen LogP contribution is 2.85. The summed E-state index contributed by atoms with van der Waals surface area (Å²) in [6.45, 7) is -0.152. The van der Waals surface area contributed by atoms with Crippen LogP contribution in [0.1, 0.15) is 43.2 Å². The van der Waals surface area contributed by atoms with E-state index in [4.69, 9.17) is 49.6 Å². The second-order valence-corrected chi connectivity index (χ2v) is 23.4. The Hall–Kier alpha value is -0.620. The van der Waals surface area contributed by atoms with Crippen molar-refractivity contribution in [3.05, 3.63) is 59.7 Å². The van der Waals surface area contributed by atoms with Gasteiger partial charge in [0.15, 0.2) is 0 Å². The smallest absolute Gasteiger partial charge is 0.351 e. The fourth-order valence-corrected chi connectivity index (χ4v) is 25.9. The Kier molecular flexibility index (Phi) is 7.13. The normalized spacial score (nSPS) is 35.1. The lowest BCUT2D eigenvalue weighted by atomic mass is 10.2. The minimum absolute atomic E-state index is 0.640. The largest absolute Gasteiger partial charge is 0.430 e. The molecule has 2 aromatic rings. The molecule has 6 heterocycles. The van der Waals surface area contributed by atoms with Gasteiger partial charge in [0.1, 0.15) is 11.5 Å². The molecule has 0 N–H and O–H groups in total. The Labute approximate surface area is 251 Å². The number of hydrogen-bond acceptors (Lipinski definition) is 10. The average Bonchev–Trinajstić information content (AvgIpc) is 3.66. The van der Waals surface area contributed by atoms with Gasteiger partial charge < -0.3 is 9.05 Å². The molecule has 41 heavy (non-hydrogen) atoms. The van der Waals surface area contributed by atoms with E-state index in [9.17, 15) is 0 Å². The van der Waals surface area contributed by atoms with Crippen molar-refractivity contribution >= 4 is 51.1 Å². The number of nitrogens with zero attached hydrogens (tertiary/aromatic N) is 8. The Bertz CT molecular complexity index is 1580. The van der Waals surface area contributed by atoms with Gasteiger partial charge in [-0.05, 0) is 66.7 Å². The summed E-state index contributed by atoms with van der Waals surface area (Å²) in [7, 11) is -5.73. The molecule has 220 valence electrons. The zero-order valence-electron chi connectivity index (χ0n) is 22.8.